The minimum absolute atomic E-state index is 0.116. The summed E-state index contributed by atoms with van der Waals surface area (Å²) in [5.41, 5.74) is 3.69. The summed E-state index contributed by atoms with van der Waals surface area (Å²) in [7, 11) is 3.97. The molecule has 0 unspecified atom stereocenters. The maximum absolute atomic E-state index is 12.9. The maximum atomic E-state index is 12.9. The zero-order valence-electron chi connectivity index (χ0n) is 15.8. The number of nitrogens with zero attached hydrogens (tertiary/aromatic N) is 4. The molecule has 3 heterocycles. The molecule has 1 amide bonds. The molecule has 2 aromatic heterocycles. The van der Waals surface area contributed by atoms with Crippen molar-refractivity contribution in [3.05, 3.63) is 66.0 Å². The van der Waals surface area contributed by atoms with E-state index in [-0.39, 0.29) is 5.91 Å². The SMILES string of the molecule is CN(C)c1cccc(C(=O)N2CCC(c3ccc4cccnc4n3)CC2)c1. The van der Waals surface area contributed by atoms with Crippen LogP contribution in [0.3, 0.4) is 0 Å². The first-order valence-corrected chi connectivity index (χ1v) is 9.40. The van der Waals surface area contributed by atoms with Crippen molar-refractivity contribution in [3.63, 3.8) is 0 Å². The lowest BCUT2D eigenvalue weighted by Crippen LogP contribution is -2.38. The van der Waals surface area contributed by atoms with Crippen molar-refractivity contribution in [2.24, 2.45) is 0 Å². The van der Waals surface area contributed by atoms with Crippen LogP contribution in [0, 0.1) is 0 Å². The maximum Gasteiger partial charge on any atom is 0.253 e. The number of fused-ring (bicyclic) bond motifs is 1. The zero-order chi connectivity index (χ0) is 18.8. The normalized spacial score (nSPS) is 15.1. The molecule has 0 aliphatic carbocycles. The minimum atomic E-state index is 0.116. The summed E-state index contributed by atoms with van der Waals surface area (Å²) in [6, 6.07) is 16.0. The fraction of sp³-hybridized carbons (Fsp3) is 0.318. The van der Waals surface area contributed by atoms with E-state index in [1.54, 1.807) is 6.20 Å². The van der Waals surface area contributed by atoms with Crippen LogP contribution in [-0.4, -0.2) is 48.0 Å². The molecule has 1 aliphatic heterocycles. The van der Waals surface area contributed by atoms with Gasteiger partial charge in [-0.25, -0.2) is 9.97 Å². The average Bonchev–Trinajstić information content (AvgIpc) is 2.73. The van der Waals surface area contributed by atoms with Crippen molar-refractivity contribution in [3.8, 4) is 0 Å². The molecule has 1 fully saturated rings. The smallest absolute Gasteiger partial charge is 0.253 e. The summed E-state index contributed by atoms with van der Waals surface area (Å²) in [6.07, 6.45) is 3.65. The van der Waals surface area contributed by atoms with Gasteiger partial charge in [-0.05, 0) is 55.3 Å². The predicted octanol–water partition coefficient (Wildman–Crippen LogP) is 3.72. The second-order valence-corrected chi connectivity index (χ2v) is 7.30. The summed E-state index contributed by atoms with van der Waals surface area (Å²) in [6.45, 7) is 1.52. The molecule has 0 N–H and O–H groups in total. The highest BCUT2D eigenvalue weighted by Gasteiger charge is 2.25. The summed E-state index contributed by atoms with van der Waals surface area (Å²) in [4.78, 5) is 26.0. The van der Waals surface area contributed by atoms with Gasteiger partial charge in [-0.1, -0.05) is 6.07 Å². The molecule has 4 rings (SSSR count). The summed E-state index contributed by atoms with van der Waals surface area (Å²) in [5.74, 6) is 0.499. The Labute approximate surface area is 159 Å². The number of benzene rings is 1. The molecule has 138 valence electrons. The standard InChI is InChI=1S/C22H24N4O/c1-25(2)19-7-3-5-18(15-19)22(27)26-13-10-16(11-14-26)20-9-8-17-6-4-12-23-21(17)24-20/h3-9,12,15-16H,10-11,13-14H2,1-2H3. The van der Waals surface area contributed by atoms with Crippen LogP contribution in [-0.2, 0) is 0 Å². The van der Waals surface area contributed by atoms with Gasteiger partial charge in [0.1, 0.15) is 0 Å². The molecule has 0 spiro atoms. The highest BCUT2D eigenvalue weighted by Crippen LogP contribution is 2.28. The van der Waals surface area contributed by atoms with Crippen LogP contribution in [0.2, 0.25) is 0 Å². The average molecular weight is 360 g/mol. The van der Waals surface area contributed by atoms with E-state index in [2.05, 4.69) is 17.1 Å². The number of hydrogen-bond acceptors (Lipinski definition) is 4. The summed E-state index contributed by atoms with van der Waals surface area (Å²) < 4.78 is 0. The molecule has 3 aromatic rings. The molecule has 0 radical (unpaired) electrons. The fourth-order valence-corrected chi connectivity index (χ4v) is 3.67. The largest absolute Gasteiger partial charge is 0.378 e. The molecule has 27 heavy (non-hydrogen) atoms. The van der Waals surface area contributed by atoms with Gasteiger partial charge >= 0.3 is 0 Å². The molecule has 5 nitrogen and oxygen atoms in total. The number of pyridine rings is 2. The van der Waals surface area contributed by atoms with Crippen LogP contribution in [0.4, 0.5) is 5.69 Å². The van der Waals surface area contributed by atoms with E-state index in [0.717, 1.165) is 53.9 Å². The third-order valence-electron chi connectivity index (χ3n) is 5.30. The van der Waals surface area contributed by atoms with E-state index in [1.807, 2.05) is 60.3 Å². The molecule has 0 atom stereocenters. The quantitative estimate of drug-likeness (QED) is 0.714. The lowest BCUT2D eigenvalue weighted by Gasteiger charge is -2.32. The van der Waals surface area contributed by atoms with Gasteiger partial charge in [0.05, 0.1) is 0 Å². The lowest BCUT2D eigenvalue weighted by atomic mass is 9.92. The van der Waals surface area contributed by atoms with E-state index >= 15 is 0 Å². The van der Waals surface area contributed by atoms with Gasteiger partial charge in [-0.2, -0.15) is 0 Å². The van der Waals surface area contributed by atoms with Crippen molar-refractivity contribution in [1.29, 1.82) is 0 Å². The van der Waals surface area contributed by atoms with Crippen LogP contribution in [0.5, 0.6) is 0 Å². The van der Waals surface area contributed by atoms with Gasteiger partial charge < -0.3 is 9.80 Å². The Morgan fingerprint density at radius 1 is 1.07 bits per heavy atom. The first kappa shape index (κ1) is 17.5. The third-order valence-corrected chi connectivity index (χ3v) is 5.30. The van der Waals surface area contributed by atoms with E-state index in [0.29, 0.717) is 5.92 Å². The Balaban J connectivity index is 1.45. The first-order valence-electron chi connectivity index (χ1n) is 9.40. The number of rotatable bonds is 3. The van der Waals surface area contributed by atoms with Crippen LogP contribution >= 0.6 is 0 Å². The van der Waals surface area contributed by atoms with Crippen molar-refractivity contribution >= 4 is 22.6 Å². The van der Waals surface area contributed by atoms with Crippen LogP contribution in [0.25, 0.3) is 11.0 Å². The lowest BCUT2D eigenvalue weighted by molar-refractivity contribution is 0.0712. The molecule has 5 heteroatoms. The molecule has 1 aromatic carbocycles. The number of hydrogen-bond donors (Lipinski definition) is 0. The Hall–Kier alpha value is -2.95. The minimum Gasteiger partial charge on any atom is -0.378 e. The van der Waals surface area contributed by atoms with Gasteiger partial charge in [0.15, 0.2) is 5.65 Å². The van der Waals surface area contributed by atoms with Crippen LogP contribution < -0.4 is 4.90 Å². The van der Waals surface area contributed by atoms with Gasteiger partial charge in [0.25, 0.3) is 5.91 Å². The molecule has 1 saturated heterocycles. The number of likely N-dealkylation sites (tertiary alicyclic amines) is 1. The van der Waals surface area contributed by atoms with Crippen molar-refractivity contribution < 1.29 is 4.79 Å². The summed E-state index contributed by atoms with van der Waals surface area (Å²) in [5, 5.41) is 1.06. The monoisotopic (exact) mass is 360 g/mol. The summed E-state index contributed by atoms with van der Waals surface area (Å²) >= 11 is 0. The number of anilines is 1. The van der Waals surface area contributed by atoms with Gasteiger partial charge in [-0.15, -0.1) is 0 Å². The topological polar surface area (TPSA) is 49.3 Å². The number of carbonyl (C=O) groups is 1. The van der Waals surface area contributed by atoms with Crippen molar-refractivity contribution in [2.75, 3.05) is 32.1 Å². The molecule has 0 bridgehead atoms. The fourth-order valence-electron chi connectivity index (χ4n) is 3.67. The number of carbonyl (C=O) groups excluding carboxylic acids is 1. The van der Waals surface area contributed by atoms with Crippen molar-refractivity contribution in [2.45, 2.75) is 18.8 Å². The molecule has 0 saturated carbocycles. The second kappa shape index (κ2) is 7.35. The molecular weight excluding hydrogens is 336 g/mol. The Kier molecular flexibility index (Phi) is 4.75. The van der Waals surface area contributed by atoms with Gasteiger partial charge in [0.2, 0.25) is 0 Å². The Morgan fingerprint density at radius 2 is 1.89 bits per heavy atom. The van der Waals surface area contributed by atoms with Gasteiger partial charge in [-0.3, -0.25) is 4.79 Å². The first-order chi connectivity index (χ1) is 13.1. The molecular formula is C22H24N4O. The highest BCUT2D eigenvalue weighted by atomic mass is 16.2. The third kappa shape index (κ3) is 3.63. The molecule has 1 aliphatic rings. The van der Waals surface area contributed by atoms with Crippen molar-refractivity contribution in [1.82, 2.24) is 14.9 Å². The van der Waals surface area contributed by atoms with E-state index in [9.17, 15) is 4.79 Å². The van der Waals surface area contributed by atoms with E-state index < -0.39 is 0 Å². The number of aromatic nitrogens is 2. The number of amides is 1. The second-order valence-electron chi connectivity index (χ2n) is 7.30. The zero-order valence-corrected chi connectivity index (χ0v) is 15.8. The van der Waals surface area contributed by atoms with E-state index in [1.165, 1.54) is 0 Å². The highest BCUT2D eigenvalue weighted by molar-refractivity contribution is 5.95. The van der Waals surface area contributed by atoms with Crippen LogP contribution in [0.15, 0.2) is 54.7 Å². The number of piperidine rings is 1. The van der Waals surface area contributed by atoms with E-state index in [4.69, 9.17) is 4.98 Å². The van der Waals surface area contributed by atoms with Crippen LogP contribution in [0.1, 0.15) is 34.8 Å². The Bertz CT molecular complexity index is 961. The van der Waals surface area contributed by atoms with Gasteiger partial charge in [0, 0.05) is 61.6 Å². The Morgan fingerprint density at radius 3 is 2.67 bits per heavy atom. The predicted molar refractivity (Wildman–Crippen MR) is 108 cm³/mol.